The van der Waals surface area contributed by atoms with Crippen molar-refractivity contribution in [2.45, 2.75) is 26.8 Å². The molecule has 1 aliphatic rings. The molecule has 23 heavy (non-hydrogen) atoms. The molecule has 0 N–H and O–H groups in total. The lowest BCUT2D eigenvalue weighted by molar-refractivity contribution is -0.150. The minimum absolute atomic E-state index is 0.195. The Morgan fingerprint density at radius 1 is 1.48 bits per heavy atom. The third-order valence-corrected chi connectivity index (χ3v) is 3.99. The molecule has 1 fully saturated rings. The summed E-state index contributed by atoms with van der Waals surface area (Å²) in [4.78, 5) is 37.3. The monoisotopic (exact) mass is 335 g/mol. The number of carbonyl (C=O) groups excluding carboxylic acids is 3. The predicted octanol–water partition coefficient (Wildman–Crippen LogP) is 3.21. The Bertz CT molecular complexity index is 675. The number of thioether (sulfide) groups is 1. The van der Waals surface area contributed by atoms with Crippen LogP contribution >= 0.6 is 11.8 Å². The second kappa shape index (κ2) is 7.32. The van der Waals surface area contributed by atoms with Crippen molar-refractivity contribution < 1.29 is 23.5 Å². The van der Waals surface area contributed by atoms with E-state index in [1.54, 1.807) is 44.4 Å². The Labute approximate surface area is 138 Å². The Morgan fingerprint density at radius 2 is 2.22 bits per heavy atom. The van der Waals surface area contributed by atoms with Gasteiger partial charge in [0.05, 0.1) is 17.8 Å². The lowest BCUT2D eigenvalue weighted by atomic mass is 10.2. The van der Waals surface area contributed by atoms with E-state index in [0.29, 0.717) is 5.76 Å². The fourth-order valence-corrected chi connectivity index (χ4v) is 2.99. The molecule has 1 aromatic rings. The Kier molecular flexibility index (Phi) is 5.44. The van der Waals surface area contributed by atoms with E-state index >= 15 is 0 Å². The lowest BCUT2D eigenvalue weighted by Gasteiger charge is -2.19. The van der Waals surface area contributed by atoms with Crippen LogP contribution in [-0.2, 0) is 14.3 Å². The fourth-order valence-electron chi connectivity index (χ4n) is 2.03. The summed E-state index contributed by atoms with van der Waals surface area (Å²) in [6, 6.07) is 2.60. The molecule has 7 heteroatoms. The van der Waals surface area contributed by atoms with Crippen LogP contribution in [0, 0.1) is 0 Å². The SMILES string of the molecule is CCOC(=O)[C@H](C)N1C(=O)S/C(=C/C(C)=C/c2ccco2)C1=O. The van der Waals surface area contributed by atoms with Gasteiger partial charge in [0.15, 0.2) is 0 Å². The average molecular weight is 335 g/mol. The number of hydrogen-bond acceptors (Lipinski definition) is 6. The summed E-state index contributed by atoms with van der Waals surface area (Å²) >= 11 is 0.806. The zero-order valence-electron chi connectivity index (χ0n) is 13.1. The summed E-state index contributed by atoms with van der Waals surface area (Å²) < 4.78 is 10.1. The van der Waals surface area contributed by atoms with E-state index in [9.17, 15) is 14.4 Å². The van der Waals surface area contributed by atoms with Gasteiger partial charge in [-0.05, 0) is 62.4 Å². The molecule has 1 aromatic heterocycles. The van der Waals surface area contributed by atoms with Crippen LogP contribution in [0.1, 0.15) is 26.5 Å². The minimum Gasteiger partial charge on any atom is -0.465 e. The van der Waals surface area contributed by atoms with Gasteiger partial charge < -0.3 is 9.15 Å². The molecular weight excluding hydrogens is 318 g/mol. The smallest absolute Gasteiger partial charge is 0.329 e. The maximum Gasteiger partial charge on any atom is 0.329 e. The third-order valence-electron chi connectivity index (χ3n) is 3.11. The molecule has 2 heterocycles. The average Bonchev–Trinajstić information content (AvgIpc) is 3.08. The van der Waals surface area contributed by atoms with E-state index in [2.05, 4.69) is 0 Å². The number of furan rings is 1. The van der Waals surface area contributed by atoms with Crippen molar-refractivity contribution in [2.75, 3.05) is 6.61 Å². The number of ether oxygens (including phenoxy) is 1. The number of esters is 1. The number of imide groups is 1. The zero-order chi connectivity index (χ0) is 17.0. The van der Waals surface area contributed by atoms with Crippen LogP contribution < -0.4 is 0 Å². The van der Waals surface area contributed by atoms with Crippen molar-refractivity contribution in [3.05, 3.63) is 40.7 Å². The van der Waals surface area contributed by atoms with Crippen LogP contribution in [-0.4, -0.2) is 34.7 Å². The number of nitrogens with zero attached hydrogens (tertiary/aromatic N) is 1. The van der Waals surface area contributed by atoms with E-state index in [1.165, 1.54) is 6.92 Å². The van der Waals surface area contributed by atoms with Gasteiger partial charge in [-0.25, -0.2) is 4.79 Å². The van der Waals surface area contributed by atoms with Crippen molar-refractivity contribution >= 4 is 35.0 Å². The second-order valence-corrected chi connectivity index (χ2v) is 5.88. The Hall–Kier alpha value is -2.28. The van der Waals surface area contributed by atoms with Crippen LogP contribution in [0.15, 0.2) is 39.4 Å². The maximum absolute atomic E-state index is 12.4. The molecule has 0 aromatic carbocycles. The van der Waals surface area contributed by atoms with Crippen LogP contribution in [0.5, 0.6) is 0 Å². The first-order valence-corrected chi connectivity index (χ1v) is 7.91. The van der Waals surface area contributed by atoms with Crippen LogP contribution in [0.3, 0.4) is 0 Å². The first-order chi connectivity index (χ1) is 10.9. The van der Waals surface area contributed by atoms with Crippen molar-refractivity contribution in [3.63, 3.8) is 0 Å². The molecule has 122 valence electrons. The molecule has 0 bridgehead atoms. The van der Waals surface area contributed by atoms with Crippen LogP contribution in [0.4, 0.5) is 4.79 Å². The molecule has 2 amide bonds. The number of hydrogen-bond donors (Lipinski definition) is 0. The highest BCUT2D eigenvalue weighted by Gasteiger charge is 2.41. The molecular formula is C16H17NO5S. The Balaban J connectivity index is 2.17. The zero-order valence-corrected chi connectivity index (χ0v) is 13.9. The van der Waals surface area contributed by atoms with Gasteiger partial charge in [0, 0.05) is 0 Å². The van der Waals surface area contributed by atoms with Gasteiger partial charge in [-0.1, -0.05) is 0 Å². The summed E-state index contributed by atoms with van der Waals surface area (Å²) in [5.41, 5.74) is 0.759. The highest BCUT2D eigenvalue weighted by Crippen LogP contribution is 2.33. The second-order valence-electron chi connectivity index (χ2n) is 4.88. The summed E-state index contributed by atoms with van der Waals surface area (Å²) in [6.45, 7) is 5.13. The molecule has 0 spiro atoms. The van der Waals surface area contributed by atoms with E-state index < -0.39 is 23.2 Å². The van der Waals surface area contributed by atoms with Crippen LogP contribution in [0.2, 0.25) is 0 Å². The summed E-state index contributed by atoms with van der Waals surface area (Å²) in [5, 5.41) is -0.479. The standard InChI is InChI=1S/C16H17NO5S/c1-4-21-15(19)11(3)17-14(18)13(23-16(17)20)9-10(2)8-12-6-5-7-22-12/h5-9,11H,4H2,1-3H3/b10-8+,13-9+/t11-/m0/s1. The molecule has 1 atom stereocenters. The quantitative estimate of drug-likeness (QED) is 0.607. The topological polar surface area (TPSA) is 76.8 Å². The first kappa shape index (κ1) is 17.1. The van der Waals surface area contributed by atoms with Gasteiger partial charge in [-0.2, -0.15) is 0 Å². The predicted molar refractivity (Wildman–Crippen MR) is 86.4 cm³/mol. The van der Waals surface area contributed by atoms with Crippen molar-refractivity contribution in [1.82, 2.24) is 4.90 Å². The number of carbonyl (C=O) groups is 3. The molecule has 1 saturated heterocycles. The highest BCUT2D eigenvalue weighted by atomic mass is 32.2. The van der Waals surface area contributed by atoms with Gasteiger partial charge in [-0.15, -0.1) is 0 Å². The summed E-state index contributed by atoms with van der Waals surface area (Å²) in [6.07, 6.45) is 4.90. The van der Waals surface area contributed by atoms with Gasteiger partial charge in [0.25, 0.3) is 11.1 Å². The van der Waals surface area contributed by atoms with E-state index in [1.807, 2.05) is 0 Å². The van der Waals surface area contributed by atoms with Gasteiger partial charge in [0.2, 0.25) is 0 Å². The molecule has 0 aliphatic carbocycles. The largest absolute Gasteiger partial charge is 0.465 e. The minimum atomic E-state index is -0.942. The number of allylic oxidation sites excluding steroid dienone is 2. The Morgan fingerprint density at radius 3 is 2.83 bits per heavy atom. The maximum atomic E-state index is 12.4. The molecule has 1 aliphatic heterocycles. The van der Waals surface area contributed by atoms with Crippen LogP contribution in [0.25, 0.3) is 6.08 Å². The van der Waals surface area contributed by atoms with Crippen molar-refractivity contribution in [3.8, 4) is 0 Å². The number of amides is 2. The molecule has 6 nitrogen and oxygen atoms in total. The van der Waals surface area contributed by atoms with E-state index in [4.69, 9.17) is 9.15 Å². The van der Waals surface area contributed by atoms with Crippen molar-refractivity contribution in [2.24, 2.45) is 0 Å². The molecule has 0 radical (unpaired) electrons. The summed E-state index contributed by atoms with van der Waals surface area (Å²) in [5.74, 6) is -0.440. The van der Waals surface area contributed by atoms with Crippen molar-refractivity contribution in [1.29, 1.82) is 0 Å². The number of rotatable bonds is 5. The van der Waals surface area contributed by atoms with E-state index in [0.717, 1.165) is 22.2 Å². The fraction of sp³-hybridized carbons (Fsp3) is 0.312. The molecule has 2 rings (SSSR count). The summed E-state index contributed by atoms with van der Waals surface area (Å²) in [7, 11) is 0. The normalized spacial score (nSPS) is 18.7. The molecule has 0 unspecified atom stereocenters. The van der Waals surface area contributed by atoms with Gasteiger partial charge >= 0.3 is 5.97 Å². The third kappa shape index (κ3) is 3.92. The first-order valence-electron chi connectivity index (χ1n) is 7.09. The lowest BCUT2D eigenvalue weighted by Crippen LogP contribution is -2.42. The van der Waals surface area contributed by atoms with Gasteiger partial charge in [-0.3, -0.25) is 14.5 Å². The van der Waals surface area contributed by atoms with E-state index in [-0.39, 0.29) is 11.5 Å². The highest BCUT2D eigenvalue weighted by molar-refractivity contribution is 8.18. The molecule has 0 saturated carbocycles. The van der Waals surface area contributed by atoms with Gasteiger partial charge in [0.1, 0.15) is 11.8 Å².